The van der Waals surface area contributed by atoms with Crippen LogP contribution in [-0.2, 0) is 4.79 Å². The quantitative estimate of drug-likeness (QED) is 0.645. The van der Waals surface area contributed by atoms with Gasteiger partial charge in [-0.15, -0.1) is 0 Å². The van der Waals surface area contributed by atoms with Crippen LogP contribution in [0.5, 0.6) is 0 Å². The number of likely N-dealkylation sites (N-methyl/N-ethyl adjacent to an activating group) is 1. The fourth-order valence-electron chi connectivity index (χ4n) is 1.47. The van der Waals surface area contributed by atoms with E-state index in [0.717, 1.165) is 18.4 Å². The van der Waals surface area contributed by atoms with Crippen molar-refractivity contribution >= 4 is 5.91 Å². The Morgan fingerprint density at radius 1 is 1.46 bits per heavy atom. The van der Waals surface area contributed by atoms with E-state index in [1.165, 1.54) is 0 Å². The summed E-state index contributed by atoms with van der Waals surface area (Å²) in [6, 6.07) is 0.657. The van der Waals surface area contributed by atoms with Gasteiger partial charge >= 0.3 is 0 Å². The number of carbonyl (C=O) groups excluding carboxylic acids is 1. The van der Waals surface area contributed by atoms with Crippen LogP contribution in [0.4, 0.5) is 0 Å². The van der Waals surface area contributed by atoms with Crippen LogP contribution in [0, 0.1) is 0 Å². The van der Waals surface area contributed by atoms with Gasteiger partial charge in [0.15, 0.2) is 0 Å². The second kappa shape index (κ2) is 3.92. The minimum Gasteiger partial charge on any atom is -0.339 e. The summed E-state index contributed by atoms with van der Waals surface area (Å²) in [5.74, 6) is 0.0944. The first-order chi connectivity index (χ1) is 6.00. The van der Waals surface area contributed by atoms with Gasteiger partial charge in [0, 0.05) is 25.2 Å². The molecule has 0 saturated heterocycles. The number of nitrogens with zero attached hydrogens (tertiary/aromatic N) is 1. The van der Waals surface area contributed by atoms with Crippen LogP contribution in [0.15, 0.2) is 11.6 Å². The highest BCUT2D eigenvalue weighted by Gasteiger charge is 2.30. The van der Waals surface area contributed by atoms with Crippen molar-refractivity contribution in [3.63, 3.8) is 0 Å². The Balaban J connectivity index is 2.44. The van der Waals surface area contributed by atoms with E-state index < -0.39 is 0 Å². The number of nitrogens with two attached hydrogens (primary N) is 1. The molecular weight excluding hydrogens is 164 g/mol. The van der Waals surface area contributed by atoms with Crippen LogP contribution in [0.1, 0.15) is 26.7 Å². The van der Waals surface area contributed by atoms with Crippen LogP contribution >= 0.6 is 0 Å². The van der Waals surface area contributed by atoms with Gasteiger partial charge in [-0.2, -0.15) is 0 Å². The van der Waals surface area contributed by atoms with Gasteiger partial charge in [-0.3, -0.25) is 4.79 Å². The maximum atomic E-state index is 11.5. The smallest absolute Gasteiger partial charge is 0.246 e. The Morgan fingerprint density at radius 2 is 2.00 bits per heavy atom. The molecule has 1 fully saturated rings. The molecule has 3 nitrogen and oxygen atoms in total. The maximum Gasteiger partial charge on any atom is 0.246 e. The second-order valence-electron chi connectivity index (χ2n) is 4.06. The van der Waals surface area contributed by atoms with E-state index in [0.29, 0.717) is 12.1 Å². The van der Waals surface area contributed by atoms with Gasteiger partial charge in [0.2, 0.25) is 5.91 Å². The van der Waals surface area contributed by atoms with E-state index >= 15 is 0 Å². The average molecular weight is 182 g/mol. The first-order valence-electron chi connectivity index (χ1n) is 4.68. The number of carbonyl (C=O) groups is 1. The zero-order valence-corrected chi connectivity index (χ0v) is 8.58. The number of hydrogen-bond acceptors (Lipinski definition) is 2. The minimum absolute atomic E-state index is 0.0944. The van der Waals surface area contributed by atoms with Crippen molar-refractivity contribution in [1.82, 2.24) is 4.90 Å². The first-order valence-corrected chi connectivity index (χ1v) is 4.68. The van der Waals surface area contributed by atoms with Gasteiger partial charge in [0.25, 0.3) is 0 Å². The lowest BCUT2D eigenvalue weighted by Crippen LogP contribution is -2.50. The first kappa shape index (κ1) is 10.3. The molecule has 1 aliphatic carbocycles. The average Bonchev–Trinajstić information content (AvgIpc) is 1.96. The Labute approximate surface area is 79.6 Å². The Hall–Kier alpha value is -0.830. The zero-order chi connectivity index (χ0) is 10.0. The summed E-state index contributed by atoms with van der Waals surface area (Å²) in [4.78, 5) is 13.3. The van der Waals surface area contributed by atoms with Crippen LogP contribution in [-0.4, -0.2) is 29.9 Å². The molecule has 0 aromatic carbocycles. The SMILES string of the molecule is CC(C)=CC(=O)N(C)C1CC(N)C1. The molecule has 0 aromatic rings. The Bertz CT molecular complexity index is 225. The van der Waals surface area contributed by atoms with Crippen LogP contribution in [0.25, 0.3) is 0 Å². The normalized spacial score (nSPS) is 26.2. The topological polar surface area (TPSA) is 46.3 Å². The summed E-state index contributed by atoms with van der Waals surface area (Å²) in [5, 5.41) is 0. The molecule has 0 spiro atoms. The molecule has 1 saturated carbocycles. The summed E-state index contributed by atoms with van der Waals surface area (Å²) < 4.78 is 0. The number of hydrogen-bond donors (Lipinski definition) is 1. The summed E-state index contributed by atoms with van der Waals surface area (Å²) in [7, 11) is 1.85. The summed E-state index contributed by atoms with van der Waals surface area (Å²) in [5.41, 5.74) is 6.70. The van der Waals surface area contributed by atoms with E-state index in [1.54, 1.807) is 11.0 Å². The van der Waals surface area contributed by atoms with Crippen molar-refractivity contribution in [3.05, 3.63) is 11.6 Å². The van der Waals surface area contributed by atoms with E-state index in [-0.39, 0.29) is 5.91 Å². The molecule has 74 valence electrons. The van der Waals surface area contributed by atoms with Crippen molar-refractivity contribution in [2.75, 3.05) is 7.05 Å². The van der Waals surface area contributed by atoms with Crippen molar-refractivity contribution in [2.24, 2.45) is 5.73 Å². The molecule has 0 heterocycles. The fraction of sp³-hybridized carbons (Fsp3) is 0.700. The molecule has 1 rings (SSSR count). The zero-order valence-electron chi connectivity index (χ0n) is 8.58. The van der Waals surface area contributed by atoms with E-state index in [9.17, 15) is 4.79 Å². The van der Waals surface area contributed by atoms with E-state index in [1.807, 2.05) is 20.9 Å². The molecule has 0 unspecified atom stereocenters. The third-order valence-electron chi connectivity index (χ3n) is 2.46. The molecule has 13 heavy (non-hydrogen) atoms. The predicted octanol–water partition coefficient (Wildman–Crippen LogP) is 0.901. The molecule has 3 heteroatoms. The molecule has 0 aliphatic heterocycles. The van der Waals surface area contributed by atoms with Crippen molar-refractivity contribution in [1.29, 1.82) is 0 Å². The Morgan fingerprint density at radius 3 is 2.38 bits per heavy atom. The van der Waals surface area contributed by atoms with Gasteiger partial charge in [0.05, 0.1) is 0 Å². The molecule has 2 N–H and O–H groups in total. The van der Waals surface area contributed by atoms with Crippen molar-refractivity contribution < 1.29 is 4.79 Å². The fourth-order valence-corrected chi connectivity index (χ4v) is 1.47. The molecule has 0 aromatic heterocycles. The number of amides is 1. The van der Waals surface area contributed by atoms with Gasteiger partial charge in [0.1, 0.15) is 0 Å². The molecule has 0 atom stereocenters. The minimum atomic E-state index is 0.0944. The summed E-state index contributed by atoms with van der Waals surface area (Å²) in [6.07, 6.45) is 3.56. The predicted molar refractivity (Wildman–Crippen MR) is 53.2 cm³/mol. The van der Waals surface area contributed by atoms with Gasteiger partial charge in [-0.1, -0.05) is 5.57 Å². The van der Waals surface area contributed by atoms with Gasteiger partial charge in [-0.25, -0.2) is 0 Å². The van der Waals surface area contributed by atoms with Crippen LogP contribution in [0.2, 0.25) is 0 Å². The molecule has 1 amide bonds. The van der Waals surface area contributed by atoms with E-state index in [2.05, 4.69) is 0 Å². The second-order valence-corrected chi connectivity index (χ2v) is 4.06. The Kier molecular flexibility index (Phi) is 3.09. The maximum absolute atomic E-state index is 11.5. The molecule has 0 radical (unpaired) electrons. The van der Waals surface area contributed by atoms with Gasteiger partial charge < -0.3 is 10.6 Å². The summed E-state index contributed by atoms with van der Waals surface area (Å²) in [6.45, 7) is 3.86. The highest BCUT2D eigenvalue weighted by atomic mass is 16.2. The van der Waals surface area contributed by atoms with Crippen LogP contribution in [0.3, 0.4) is 0 Å². The monoisotopic (exact) mass is 182 g/mol. The lowest BCUT2D eigenvalue weighted by atomic mass is 9.86. The highest BCUT2D eigenvalue weighted by Crippen LogP contribution is 2.22. The molecular formula is C10H18N2O. The number of rotatable bonds is 2. The lowest BCUT2D eigenvalue weighted by Gasteiger charge is -2.38. The third kappa shape index (κ3) is 2.56. The lowest BCUT2D eigenvalue weighted by molar-refractivity contribution is -0.128. The molecule has 1 aliphatic rings. The van der Waals surface area contributed by atoms with Crippen LogP contribution < -0.4 is 5.73 Å². The van der Waals surface area contributed by atoms with Gasteiger partial charge in [-0.05, 0) is 26.7 Å². The third-order valence-corrected chi connectivity index (χ3v) is 2.46. The number of allylic oxidation sites excluding steroid dienone is 1. The standard InChI is InChI=1S/C10H18N2O/c1-7(2)4-10(13)12(3)9-5-8(11)6-9/h4,8-9H,5-6,11H2,1-3H3. The molecule has 0 bridgehead atoms. The van der Waals surface area contributed by atoms with E-state index in [4.69, 9.17) is 5.73 Å². The highest BCUT2D eigenvalue weighted by molar-refractivity contribution is 5.88. The van der Waals surface area contributed by atoms with Crippen molar-refractivity contribution in [2.45, 2.75) is 38.8 Å². The van der Waals surface area contributed by atoms with Crippen molar-refractivity contribution in [3.8, 4) is 0 Å². The largest absolute Gasteiger partial charge is 0.339 e. The summed E-state index contributed by atoms with van der Waals surface area (Å²) >= 11 is 0.